The number of hydrogen-bond acceptors (Lipinski definition) is 6. The number of thioether (sulfide) groups is 1. The zero-order chi connectivity index (χ0) is 14.9. The number of nitrogens with one attached hydrogen (secondary N) is 1. The Morgan fingerprint density at radius 3 is 2.85 bits per heavy atom. The molecule has 0 aliphatic carbocycles. The molecule has 7 nitrogen and oxygen atoms in total. The van der Waals surface area contributed by atoms with E-state index in [0.29, 0.717) is 35.9 Å². The standard InChI is InChI=1S/C11H18N4O3S2/c1-3-7-9(12)10(14-13-7)11(16)15-4-5-19-6-8(15)20(2,17)18/h8H,3-6,12H2,1-2H3,(H,13,14). The molecule has 0 saturated carbocycles. The van der Waals surface area contributed by atoms with Gasteiger partial charge in [-0.25, -0.2) is 8.42 Å². The average molecular weight is 318 g/mol. The third kappa shape index (κ3) is 2.78. The van der Waals surface area contributed by atoms with Crippen LogP contribution in [-0.4, -0.2) is 59.1 Å². The number of nitrogen functional groups attached to an aromatic ring is 1. The van der Waals surface area contributed by atoms with E-state index in [-0.39, 0.29) is 5.69 Å². The molecule has 1 aromatic heterocycles. The molecular formula is C11H18N4O3S2. The fraction of sp³-hybridized carbons (Fsp3) is 0.636. The van der Waals surface area contributed by atoms with Gasteiger partial charge >= 0.3 is 0 Å². The Bertz CT molecular complexity index is 611. The highest BCUT2D eigenvalue weighted by Crippen LogP contribution is 2.24. The summed E-state index contributed by atoms with van der Waals surface area (Å²) in [5.41, 5.74) is 6.99. The van der Waals surface area contributed by atoms with Crippen molar-refractivity contribution in [1.29, 1.82) is 0 Å². The van der Waals surface area contributed by atoms with Gasteiger partial charge in [-0.3, -0.25) is 9.89 Å². The number of carbonyl (C=O) groups excluding carboxylic acids is 1. The van der Waals surface area contributed by atoms with Crippen LogP contribution in [0.2, 0.25) is 0 Å². The second-order valence-corrected chi connectivity index (χ2v) is 8.03. The third-order valence-electron chi connectivity index (χ3n) is 3.28. The minimum absolute atomic E-state index is 0.113. The maximum Gasteiger partial charge on any atom is 0.277 e. The third-order valence-corrected chi connectivity index (χ3v) is 5.92. The molecule has 2 heterocycles. The number of hydrogen-bond donors (Lipinski definition) is 2. The number of nitrogens with two attached hydrogens (primary N) is 1. The number of nitrogens with zero attached hydrogens (tertiary/aromatic N) is 2. The fourth-order valence-electron chi connectivity index (χ4n) is 2.12. The number of carbonyl (C=O) groups is 1. The molecule has 1 aliphatic heterocycles. The molecule has 0 aromatic carbocycles. The molecule has 2 rings (SSSR count). The predicted octanol–water partition coefficient (Wildman–Crippen LogP) is 0.114. The fourth-order valence-corrected chi connectivity index (χ4v) is 4.94. The van der Waals surface area contributed by atoms with Crippen LogP contribution in [-0.2, 0) is 16.3 Å². The molecule has 0 spiro atoms. The van der Waals surface area contributed by atoms with Gasteiger partial charge in [-0.1, -0.05) is 6.92 Å². The van der Waals surface area contributed by atoms with Crippen molar-refractivity contribution < 1.29 is 13.2 Å². The highest BCUT2D eigenvalue weighted by atomic mass is 32.2. The number of anilines is 1. The highest BCUT2D eigenvalue weighted by molar-refractivity contribution is 8.00. The summed E-state index contributed by atoms with van der Waals surface area (Å²) in [6.07, 6.45) is 1.78. The molecule has 1 unspecified atom stereocenters. The first-order valence-electron chi connectivity index (χ1n) is 6.26. The quantitative estimate of drug-likeness (QED) is 0.819. The number of amides is 1. The first kappa shape index (κ1) is 15.2. The van der Waals surface area contributed by atoms with Gasteiger partial charge < -0.3 is 10.6 Å². The molecule has 1 aromatic rings. The van der Waals surface area contributed by atoms with E-state index >= 15 is 0 Å². The molecule has 112 valence electrons. The van der Waals surface area contributed by atoms with E-state index in [9.17, 15) is 13.2 Å². The molecule has 1 atom stereocenters. The monoisotopic (exact) mass is 318 g/mol. The van der Waals surface area contributed by atoms with Gasteiger partial charge in [-0.2, -0.15) is 16.9 Å². The SMILES string of the molecule is CCc1[nH]nc(C(=O)N2CCSCC2S(C)(=O)=O)c1N. The molecule has 1 amide bonds. The zero-order valence-corrected chi connectivity index (χ0v) is 13.1. The van der Waals surface area contributed by atoms with Gasteiger partial charge in [0.1, 0.15) is 5.37 Å². The van der Waals surface area contributed by atoms with E-state index in [0.717, 1.165) is 6.26 Å². The van der Waals surface area contributed by atoms with Crippen LogP contribution in [0.3, 0.4) is 0 Å². The maximum absolute atomic E-state index is 12.5. The van der Waals surface area contributed by atoms with Crippen molar-refractivity contribution in [3.8, 4) is 0 Å². The number of aryl methyl sites for hydroxylation is 1. The Morgan fingerprint density at radius 2 is 2.30 bits per heavy atom. The first-order valence-corrected chi connectivity index (χ1v) is 9.37. The van der Waals surface area contributed by atoms with Crippen molar-refractivity contribution in [3.05, 3.63) is 11.4 Å². The van der Waals surface area contributed by atoms with E-state index in [4.69, 9.17) is 5.73 Å². The lowest BCUT2D eigenvalue weighted by Gasteiger charge is -2.33. The Morgan fingerprint density at radius 1 is 1.60 bits per heavy atom. The molecule has 1 saturated heterocycles. The molecule has 3 N–H and O–H groups in total. The number of aromatic nitrogens is 2. The highest BCUT2D eigenvalue weighted by Gasteiger charge is 2.36. The lowest BCUT2D eigenvalue weighted by atomic mass is 10.2. The summed E-state index contributed by atoms with van der Waals surface area (Å²) in [7, 11) is -3.33. The van der Waals surface area contributed by atoms with Crippen LogP contribution >= 0.6 is 11.8 Å². The van der Waals surface area contributed by atoms with E-state index in [1.165, 1.54) is 16.7 Å². The molecule has 1 aliphatic rings. The summed E-state index contributed by atoms with van der Waals surface area (Å²) < 4.78 is 23.6. The first-order chi connectivity index (χ1) is 9.36. The predicted molar refractivity (Wildman–Crippen MR) is 79.4 cm³/mol. The summed E-state index contributed by atoms with van der Waals surface area (Å²) in [5, 5.41) is 5.85. The van der Waals surface area contributed by atoms with Crippen LogP contribution < -0.4 is 5.73 Å². The Labute approximate surface area is 122 Å². The lowest BCUT2D eigenvalue weighted by molar-refractivity contribution is 0.0744. The van der Waals surface area contributed by atoms with E-state index in [1.807, 2.05) is 6.92 Å². The van der Waals surface area contributed by atoms with Crippen molar-refractivity contribution >= 4 is 33.2 Å². The number of H-pyrrole nitrogens is 1. The normalized spacial score (nSPS) is 20.1. The minimum atomic E-state index is -3.33. The van der Waals surface area contributed by atoms with Gasteiger partial charge in [-0.05, 0) is 6.42 Å². The Hall–Kier alpha value is -1.22. The van der Waals surface area contributed by atoms with Crippen LogP contribution in [0.5, 0.6) is 0 Å². The van der Waals surface area contributed by atoms with Crippen LogP contribution in [0.25, 0.3) is 0 Å². The molecule has 0 radical (unpaired) electrons. The van der Waals surface area contributed by atoms with Gasteiger partial charge in [-0.15, -0.1) is 0 Å². The van der Waals surface area contributed by atoms with Crippen molar-refractivity contribution in [2.75, 3.05) is 30.0 Å². The lowest BCUT2D eigenvalue weighted by Crippen LogP contribution is -2.50. The van der Waals surface area contributed by atoms with Gasteiger partial charge in [0.05, 0.1) is 11.4 Å². The van der Waals surface area contributed by atoms with Crippen molar-refractivity contribution in [2.45, 2.75) is 18.7 Å². The minimum Gasteiger partial charge on any atom is -0.395 e. The van der Waals surface area contributed by atoms with Gasteiger partial charge in [0.2, 0.25) is 0 Å². The Balaban J connectivity index is 2.32. The van der Waals surface area contributed by atoms with Crippen LogP contribution in [0, 0.1) is 0 Å². The van der Waals surface area contributed by atoms with Crippen LogP contribution in [0.1, 0.15) is 23.1 Å². The summed E-state index contributed by atoms with van der Waals surface area (Å²) in [5.74, 6) is 0.673. The maximum atomic E-state index is 12.5. The number of aromatic amines is 1. The van der Waals surface area contributed by atoms with Crippen molar-refractivity contribution in [3.63, 3.8) is 0 Å². The summed E-state index contributed by atoms with van der Waals surface area (Å²) in [6, 6.07) is 0. The van der Waals surface area contributed by atoms with E-state index < -0.39 is 21.1 Å². The van der Waals surface area contributed by atoms with E-state index in [2.05, 4.69) is 10.2 Å². The van der Waals surface area contributed by atoms with Crippen molar-refractivity contribution in [2.24, 2.45) is 0 Å². The molecule has 1 fully saturated rings. The smallest absolute Gasteiger partial charge is 0.277 e. The summed E-state index contributed by atoms with van der Waals surface area (Å²) in [6.45, 7) is 2.28. The van der Waals surface area contributed by atoms with Crippen LogP contribution in [0.4, 0.5) is 5.69 Å². The number of rotatable bonds is 3. The molecular weight excluding hydrogens is 300 g/mol. The Kier molecular flexibility index (Phi) is 4.28. The molecule has 0 bridgehead atoms. The average Bonchev–Trinajstić information content (AvgIpc) is 2.78. The van der Waals surface area contributed by atoms with Crippen molar-refractivity contribution in [1.82, 2.24) is 15.1 Å². The molecule has 9 heteroatoms. The van der Waals surface area contributed by atoms with Crippen LogP contribution in [0.15, 0.2) is 0 Å². The second-order valence-electron chi connectivity index (χ2n) is 4.68. The van der Waals surface area contributed by atoms with Gasteiger partial charge in [0.15, 0.2) is 15.5 Å². The zero-order valence-electron chi connectivity index (χ0n) is 11.4. The van der Waals surface area contributed by atoms with Gasteiger partial charge in [0, 0.05) is 24.3 Å². The van der Waals surface area contributed by atoms with E-state index in [1.54, 1.807) is 0 Å². The topological polar surface area (TPSA) is 109 Å². The second kappa shape index (κ2) is 5.65. The summed E-state index contributed by atoms with van der Waals surface area (Å²) >= 11 is 1.53. The summed E-state index contributed by atoms with van der Waals surface area (Å²) in [4.78, 5) is 13.9. The molecule has 20 heavy (non-hydrogen) atoms. The number of sulfone groups is 1. The van der Waals surface area contributed by atoms with Gasteiger partial charge in [0.25, 0.3) is 5.91 Å². The largest absolute Gasteiger partial charge is 0.395 e.